The van der Waals surface area contributed by atoms with Gasteiger partial charge in [-0.25, -0.2) is 0 Å². The third kappa shape index (κ3) is 5.52. The lowest BCUT2D eigenvalue weighted by Crippen LogP contribution is -2.41. The summed E-state index contributed by atoms with van der Waals surface area (Å²) in [6.07, 6.45) is 0.413. The molecule has 1 rings (SSSR count). The molecule has 100 valence electrons. The van der Waals surface area contributed by atoms with Crippen LogP contribution in [0.1, 0.15) is 27.2 Å². The highest BCUT2D eigenvalue weighted by Crippen LogP contribution is 2.10. The average Bonchev–Trinajstić information content (AvgIpc) is 2.27. The zero-order valence-electron chi connectivity index (χ0n) is 11.4. The van der Waals surface area contributed by atoms with Crippen molar-refractivity contribution in [2.45, 2.75) is 32.7 Å². The first kappa shape index (κ1) is 14.3. The minimum absolute atomic E-state index is 0.0258. The van der Waals surface area contributed by atoms with Crippen LogP contribution in [0.3, 0.4) is 0 Å². The van der Waals surface area contributed by atoms with Gasteiger partial charge >= 0.3 is 0 Å². The van der Waals surface area contributed by atoms with Crippen molar-refractivity contribution in [2.75, 3.05) is 19.0 Å². The number of carbonyl (C=O) groups is 1. The van der Waals surface area contributed by atoms with E-state index in [-0.39, 0.29) is 11.4 Å². The lowest BCUT2D eigenvalue weighted by atomic mass is 10.1. The third-order valence-electron chi connectivity index (χ3n) is 2.11. The predicted molar refractivity (Wildman–Crippen MR) is 71.8 cm³/mol. The number of pyridine rings is 1. The molecule has 0 atom stereocenters. The lowest BCUT2D eigenvalue weighted by molar-refractivity contribution is -0.122. The molecule has 5 nitrogen and oxygen atoms in total. The smallest absolute Gasteiger partial charge is 0.222 e. The first-order valence-electron chi connectivity index (χ1n) is 5.96. The Bertz CT molecular complexity index is 399. The molecule has 0 aromatic carbocycles. The summed E-state index contributed by atoms with van der Waals surface area (Å²) < 4.78 is 5.02. The predicted octanol–water partition coefficient (Wildman–Crippen LogP) is 1.81. The SMILES string of the molecule is COc1cccc(NCCC(=O)NC(C)(C)C)n1. The summed E-state index contributed by atoms with van der Waals surface area (Å²) in [4.78, 5) is 15.8. The Morgan fingerprint density at radius 3 is 2.72 bits per heavy atom. The summed E-state index contributed by atoms with van der Waals surface area (Å²) in [5.41, 5.74) is -0.189. The highest BCUT2D eigenvalue weighted by Gasteiger charge is 2.12. The molecule has 1 aromatic rings. The van der Waals surface area contributed by atoms with Crippen molar-refractivity contribution >= 4 is 11.7 Å². The van der Waals surface area contributed by atoms with Crippen LogP contribution in [0.2, 0.25) is 0 Å². The number of amides is 1. The fraction of sp³-hybridized carbons (Fsp3) is 0.538. The molecule has 0 saturated carbocycles. The molecule has 0 aliphatic carbocycles. The topological polar surface area (TPSA) is 63.2 Å². The van der Waals surface area contributed by atoms with Crippen molar-refractivity contribution in [1.82, 2.24) is 10.3 Å². The minimum Gasteiger partial charge on any atom is -0.481 e. The molecule has 0 saturated heterocycles. The Kier molecular flexibility index (Phi) is 4.95. The van der Waals surface area contributed by atoms with Gasteiger partial charge in [-0.1, -0.05) is 6.07 Å². The highest BCUT2D eigenvalue weighted by molar-refractivity contribution is 5.77. The Morgan fingerprint density at radius 2 is 2.11 bits per heavy atom. The number of rotatable bonds is 5. The Balaban J connectivity index is 2.35. The summed E-state index contributed by atoms with van der Waals surface area (Å²) in [6.45, 7) is 6.42. The van der Waals surface area contributed by atoms with Gasteiger partial charge in [-0.3, -0.25) is 4.79 Å². The lowest BCUT2D eigenvalue weighted by Gasteiger charge is -2.20. The quantitative estimate of drug-likeness (QED) is 0.837. The van der Waals surface area contributed by atoms with E-state index in [1.807, 2.05) is 32.9 Å². The van der Waals surface area contributed by atoms with E-state index in [0.717, 1.165) is 0 Å². The highest BCUT2D eigenvalue weighted by atomic mass is 16.5. The van der Waals surface area contributed by atoms with Crippen LogP contribution in [0.25, 0.3) is 0 Å². The second kappa shape index (κ2) is 6.23. The van der Waals surface area contributed by atoms with E-state index in [0.29, 0.717) is 24.7 Å². The van der Waals surface area contributed by atoms with E-state index >= 15 is 0 Å². The molecule has 0 spiro atoms. The molecule has 0 fully saturated rings. The number of hydrogen-bond donors (Lipinski definition) is 2. The molecule has 18 heavy (non-hydrogen) atoms. The van der Waals surface area contributed by atoms with E-state index in [1.54, 1.807) is 13.2 Å². The Labute approximate surface area is 108 Å². The van der Waals surface area contributed by atoms with Crippen molar-refractivity contribution in [1.29, 1.82) is 0 Å². The first-order chi connectivity index (χ1) is 8.40. The monoisotopic (exact) mass is 251 g/mol. The maximum atomic E-state index is 11.6. The van der Waals surface area contributed by atoms with Crippen LogP contribution in [-0.2, 0) is 4.79 Å². The minimum atomic E-state index is -0.189. The standard InChI is InChI=1S/C13H21N3O2/c1-13(2,3)16-11(17)8-9-14-10-6-5-7-12(15-10)18-4/h5-7H,8-9H2,1-4H3,(H,14,15)(H,16,17). The molecule has 0 aliphatic heterocycles. The van der Waals surface area contributed by atoms with Gasteiger partial charge in [-0.2, -0.15) is 4.98 Å². The van der Waals surface area contributed by atoms with Gasteiger partial charge in [-0.05, 0) is 26.8 Å². The Hall–Kier alpha value is -1.78. The molecule has 0 unspecified atom stereocenters. The van der Waals surface area contributed by atoms with E-state index in [4.69, 9.17) is 4.74 Å². The Morgan fingerprint density at radius 1 is 1.39 bits per heavy atom. The largest absolute Gasteiger partial charge is 0.481 e. The second-order valence-electron chi connectivity index (χ2n) is 5.04. The molecule has 0 bridgehead atoms. The zero-order valence-corrected chi connectivity index (χ0v) is 11.4. The fourth-order valence-corrected chi connectivity index (χ4v) is 1.41. The number of methoxy groups -OCH3 is 1. The molecular weight excluding hydrogens is 230 g/mol. The van der Waals surface area contributed by atoms with Gasteiger partial charge in [-0.15, -0.1) is 0 Å². The molecule has 1 heterocycles. The molecule has 0 aliphatic rings. The van der Waals surface area contributed by atoms with Crippen LogP contribution in [0, 0.1) is 0 Å². The van der Waals surface area contributed by atoms with Crippen LogP contribution in [0.5, 0.6) is 5.88 Å². The van der Waals surface area contributed by atoms with Crippen molar-refractivity contribution in [3.63, 3.8) is 0 Å². The maximum absolute atomic E-state index is 11.6. The van der Waals surface area contributed by atoms with Crippen molar-refractivity contribution < 1.29 is 9.53 Å². The van der Waals surface area contributed by atoms with E-state index in [9.17, 15) is 4.79 Å². The van der Waals surface area contributed by atoms with Gasteiger partial charge in [0.25, 0.3) is 0 Å². The van der Waals surface area contributed by atoms with Crippen LogP contribution in [-0.4, -0.2) is 30.1 Å². The van der Waals surface area contributed by atoms with Gasteiger partial charge in [0.05, 0.1) is 7.11 Å². The van der Waals surface area contributed by atoms with Crippen molar-refractivity contribution in [3.8, 4) is 5.88 Å². The second-order valence-corrected chi connectivity index (χ2v) is 5.04. The van der Waals surface area contributed by atoms with Crippen molar-refractivity contribution in [2.24, 2.45) is 0 Å². The number of carbonyl (C=O) groups excluding carboxylic acids is 1. The van der Waals surface area contributed by atoms with Crippen LogP contribution < -0.4 is 15.4 Å². The number of nitrogens with zero attached hydrogens (tertiary/aromatic N) is 1. The van der Waals surface area contributed by atoms with Gasteiger partial charge in [0, 0.05) is 24.6 Å². The van der Waals surface area contributed by atoms with Crippen LogP contribution in [0.15, 0.2) is 18.2 Å². The number of nitrogens with one attached hydrogen (secondary N) is 2. The summed E-state index contributed by atoms with van der Waals surface area (Å²) in [6, 6.07) is 5.46. The normalized spacial score (nSPS) is 10.9. The summed E-state index contributed by atoms with van der Waals surface area (Å²) >= 11 is 0. The molecular formula is C13H21N3O2. The van der Waals surface area contributed by atoms with Crippen LogP contribution >= 0.6 is 0 Å². The maximum Gasteiger partial charge on any atom is 0.222 e. The molecule has 5 heteroatoms. The van der Waals surface area contributed by atoms with Crippen molar-refractivity contribution in [3.05, 3.63) is 18.2 Å². The van der Waals surface area contributed by atoms with Gasteiger partial charge in [0.1, 0.15) is 5.82 Å². The number of ether oxygens (including phenoxy) is 1. The number of hydrogen-bond acceptors (Lipinski definition) is 4. The molecule has 1 amide bonds. The summed E-state index contributed by atoms with van der Waals surface area (Å²) in [5, 5.41) is 5.99. The van der Waals surface area contributed by atoms with Gasteiger partial charge in [0.15, 0.2) is 0 Å². The van der Waals surface area contributed by atoms with E-state index in [1.165, 1.54) is 0 Å². The molecule has 2 N–H and O–H groups in total. The fourth-order valence-electron chi connectivity index (χ4n) is 1.41. The average molecular weight is 251 g/mol. The van der Waals surface area contributed by atoms with E-state index in [2.05, 4.69) is 15.6 Å². The number of anilines is 1. The van der Waals surface area contributed by atoms with Crippen LogP contribution in [0.4, 0.5) is 5.82 Å². The summed E-state index contributed by atoms with van der Waals surface area (Å²) in [7, 11) is 1.57. The van der Waals surface area contributed by atoms with Gasteiger partial charge < -0.3 is 15.4 Å². The third-order valence-corrected chi connectivity index (χ3v) is 2.11. The number of aromatic nitrogens is 1. The zero-order chi connectivity index (χ0) is 13.6. The first-order valence-corrected chi connectivity index (χ1v) is 5.96. The summed E-state index contributed by atoms with van der Waals surface area (Å²) in [5.74, 6) is 1.29. The molecule has 0 radical (unpaired) electrons. The van der Waals surface area contributed by atoms with E-state index < -0.39 is 0 Å². The molecule has 1 aromatic heterocycles. The van der Waals surface area contributed by atoms with Gasteiger partial charge in [0.2, 0.25) is 11.8 Å².